The molecule has 7 nitrogen and oxygen atoms in total. The Bertz CT molecular complexity index is 892. The highest BCUT2D eigenvalue weighted by molar-refractivity contribution is 7.92. The summed E-state index contributed by atoms with van der Waals surface area (Å²) in [7, 11) is -2.18. The van der Waals surface area contributed by atoms with Crippen LogP contribution in [0.3, 0.4) is 0 Å². The molecule has 0 saturated carbocycles. The molecule has 0 aliphatic carbocycles. The SMILES string of the molecule is COc1cc(C)c(S(=O)(=O)Nc2ccc(NCC3CCCO3)cn2)cc1C. The van der Waals surface area contributed by atoms with Gasteiger partial charge in [0.1, 0.15) is 11.6 Å². The lowest BCUT2D eigenvalue weighted by Gasteiger charge is -2.14. The summed E-state index contributed by atoms with van der Waals surface area (Å²) >= 11 is 0. The summed E-state index contributed by atoms with van der Waals surface area (Å²) < 4.78 is 38.8. The van der Waals surface area contributed by atoms with Gasteiger partial charge in [0.25, 0.3) is 10.0 Å². The van der Waals surface area contributed by atoms with E-state index in [9.17, 15) is 8.42 Å². The van der Waals surface area contributed by atoms with Gasteiger partial charge in [0, 0.05) is 13.2 Å². The predicted molar refractivity (Wildman–Crippen MR) is 105 cm³/mol. The number of nitrogens with one attached hydrogen (secondary N) is 2. The first-order valence-electron chi connectivity index (χ1n) is 8.88. The number of nitrogens with zero attached hydrogens (tertiary/aromatic N) is 1. The van der Waals surface area contributed by atoms with Crippen LogP contribution in [0.1, 0.15) is 24.0 Å². The molecule has 8 heteroatoms. The van der Waals surface area contributed by atoms with Gasteiger partial charge in [-0.1, -0.05) is 0 Å². The zero-order valence-electron chi connectivity index (χ0n) is 15.8. The normalized spacial score (nSPS) is 16.9. The first-order valence-corrected chi connectivity index (χ1v) is 10.4. The lowest BCUT2D eigenvalue weighted by atomic mass is 10.1. The second kappa shape index (κ2) is 8.14. The lowest BCUT2D eigenvalue weighted by Crippen LogP contribution is -2.18. The van der Waals surface area contributed by atoms with Crippen molar-refractivity contribution in [3.63, 3.8) is 0 Å². The van der Waals surface area contributed by atoms with Crippen LogP contribution in [0, 0.1) is 13.8 Å². The van der Waals surface area contributed by atoms with Crippen LogP contribution < -0.4 is 14.8 Å². The maximum atomic E-state index is 12.7. The molecule has 1 atom stereocenters. The molecule has 0 radical (unpaired) electrons. The zero-order chi connectivity index (χ0) is 19.4. The Labute approximate surface area is 160 Å². The highest BCUT2D eigenvalue weighted by atomic mass is 32.2. The number of pyridine rings is 1. The van der Waals surface area contributed by atoms with Crippen LogP contribution in [-0.4, -0.2) is 39.8 Å². The van der Waals surface area contributed by atoms with Crippen LogP contribution in [0.2, 0.25) is 0 Å². The van der Waals surface area contributed by atoms with Gasteiger partial charge in [-0.3, -0.25) is 4.72 Å². The molecule has 0 amide bonds. The van der Waals surface area contributed by atoms with Crippen LogP contribution in [0.4, 0.5) is 11.5 Å². The van der Waals surface area contributed by atoms with Gasteiger partial charge in [0.05, 0.1) is 30.0 Å². The molecule has 1 aromatic carbocycles. The first kappa shape index (κ1) is 19.4. The third kappa shape index (κ3) is 4.70. The van der Waals surface area contributed by atoms with E-state index in [4.69, 9.17) is 9.47 Å². The second-order valence-corrected chi connectivity index (χ2v) is 8.29. The van der Waals surface area contributed by atoms with E-state index in [1.54, 1.807) is 44.5 Å². The fraction of sp³-hybridized carbons (Fsp3) is 0.421. The number of methoxy groups -OCH3 is 1. The van der Waals surface area contributed by atoms with Crippen molar-refractivity contribution < 1.29 is 17.9 Å². The van der Waals surface area contributed by atoms with Gasteiger partial charge in [-0.05, 0) is 62.1 Å². The lowest BCUT2D eigenvalue weighted by molar-refractivity contribution is 0.120. The molecule has 1 saturated heterocycles. The Hall–Kier alpha value is -2.32. The van der Waals surface area contributed by atoms with Crippen molar-refractivity contribution in [2.24, 2.45) is 0 Å². The number of aryl methyl sites for hydroxylation is 2. The predicted octanol–water partition coefficient (Wildman–Crippen LogP) is 3.10. The molecule has 1 aromatic heterocycles. The van der Waals surface area contributed by atoms with Gasteiger partial charge in [-0.15, -0.1) is 0 Å². The summed E-state index contributed by atoms with van der Waals surface area (Å²) in [5.41, 5.74) is 2.19. The average molecular weight is 391 g/mol. The molecule has 0 bridgehead atoms. The molecular weight excluding hydrogens is 366 g/mol. The maximum absolute atomic E-state index is 12.7. The van der Waals surface area contributed by atoms with Gasteiger partial charge >= 0.3 is 0 Å². The van der Waals surface area contributed by atoms with Crippen LogP contribution in [0.25, 0.3) is 0 Å². The molecule has 2 heterocycles. The molecule has 1 unspecified atom stereocenters. The van der Waals surface area contributed by atoms with Crippen LogP contribution in [0.15, 0.2) is 35.4 Å². The minimum atomic E-state index is -3.74. The first-order chi connectivity index (χ1) is 12.9. The summed E-state index contributed by atoms with van der Waals surface area (Å²) in [4.78, 5) is 4.41. The van der Waals surface area contributed by atoms with E-state index in [1.165, 1.54) is 0 Å². The van der Waals surface area contributed by atoms with E-state index < -0.39 is 10.0 Å². The fourth-order valence-corrected chi connectivity index (χ4v) is 4.38. The van der Waals surface area contributed by atoms with Crippen molar-refractivity contribution in [2.45, 2.75) is 37.7 Å². The second-order valence-electron chi connectivity index (χ2n) is 6.64. The van der Waals surface area contributed by atoms with Crippen LogP contribution in [-0.2, 0) is 14.8 Å². The molecule has 0 spiro atoms. The smallest absolute Gasteiger partial charge is 0.263 e. The van der Waals surface area contributed by atoms with Crippen molar-refractivity contribution in [2.75, 3.05) is 30.3 Å². The summed E-state index contributed by atoms with van der Waals surface area (Å²) in [5, 5.41) is 3.26. The van der Waals surface area contributed by atoms with Crippen molar-refractivity contribution in [1.82, 2.24) is 4.98 Å². The van der Waals surface area contributed by atoms with Crippen LogP contribution in [0.5, 0.6) is 5.75 Å². The molecule has 1 fully saturated rings. The number of sulfonamides is 1. The minimum Gasteiger partial charge on any atom is -0.496 e. The highest BCUT2D eigenvalue weighted by Gasteiger charge is 2.20. The van der Waals surface area contributed by atoms with E-state index >= 15 is 0 Å². The zero-order valence-corrected chi connectivity index (χ0v) is 16.6. The van der Waals surface area contributed by atoms with E-state index in [1.807, 2.05) is 6.92 Å². The van der Waals surface area contributed by atoms with Crippen molar-refractivity contribution in [3.8, 4) is 5.75 Å². The van der Waals surface area contributed by atoms with E-state index in [-0.39, 0.29) is 16.8 Å². The largest absolute Gasteiger partial charge is 0.496 e. The Balaban J connectivity index is 1.69. The van der Waals surface area contributed by atoms with Gasteiger partial charge in [0.15, 0.2) is 0 Å². The van der Waals surface area contributed by atoms with Gasteiger partial charge in [-0.2, -0.15) is 0 Å². The third-order valence-electron chi connectivity index (χ3n) is 4.54. The standard InChI is InChI=1S/C19H25N3O4S/c1-13-10-18(14(2)9-17(13)25-3)27(23,24)22-19-7-6-15(11-21-19)20-12-16-5-4-8-26-16/h6-7,9-11,16,20H,4-5,8,12H2,1-3H3,(H,21,22). The summed E-state index contributed by atoms with van der Waals surface area (Å²) in [5.74, 6) is 0.928. The van der Waals surface area contributed by atoms with Crippen molar-refractivity contribution in [3.05, 3.63) is 41.6 Å². The summed E-state index contributed by atoms with van der Waals surface area (Å²) in [6.45, 7) is 5.08. The van der Waals surface area contributed by atoms with E-state index in [2.05, 4.69) is 15.0 Å². The maximum Gasteiger partial charge on any atom is 0.263 e. The van der Waals surface area contributed by atoms with E-state index in [0.717, 1.165) is 37.2 Å². The molecule has 1 aliphatic rings. The summed E-state index contributed by atoms with van der Waals surface area (Å²) in [6, 6.07) is 6.76. The van der Waals surface area contributed by atoms with Crippen LogP contribution >= 0.6 is 0 Å². The summed E-state index contributed by atoms with van der Waals surface area (Å²) in [6.07, 6.45) is 3.98. The number of benzene rings is 1. The van der Waals surface area contributed by atoms with E-state index in [0.29, 0.717) is 11.3 Å². The molecule has 146 valence electrons. The number of hydrogen-bond donors (Lipinski definition) is 2. The number of rotatable bonds is 7. The minimum absolute atomic E-state index is 0.211. The quantitative estimate of drug-likeness (QED) is 0.754. The van der Waals surface area contributed by atoms with Gasteiger partial charge in [0.2, 0.25) is 0 Å². The monoisotopic (exact) mass is 391 g/mol. The highest BCUT2D eigenvalue weighted by Crippen LogP contribution is 2.27. The Morgan fingerprint density at radius 2 is 2.07 bits per heavy atom. The Morgan fingerprint density at radius 1 is 1.26 bits per heavy atom. The van der Waals surface area contributed by atoms with Gasteiger partial charge < -0.3 is 14.8 Å². The fourth-order valence-electron chi connectivity index (χ4n) is 3.06. The molecule has 2 aromatic rings. The average Bonchev–Trinajstić information content (AvgIpc) is 3.16. The molecule has 27 heavy (non-hydrogen) atoms. The van der Waals surface area contributed by atoms with Gasteiger partial charge in [-0.25, -0.2) is 13.4 Å². The van der Waals surface area contributed by atoms with Crippen molar-refractivity contribution >= 4 is 21.5 Å². The Morgan fingerprint density at radius 3 is 2.70 bits per heavy atom. The molecule has 2 N–H and O–H groups in total. The third-order valence-corrected chi connectivity index (χ3v) is 6.04. The molecule has 3 rings (SSSR count). The number of hydrogen-bond acceptors (Lipinski definition) is 6. The number of anilines is 2. The molecule has 1 aliphatic heterocycles. The van der Waals surface area contributed by atoms with Crippen molar-refractivity contribution in [1.29, 1.82) is 0 Å². The number of ether oxygens (including phenoxy) is 2. The number of aromatic nitrogens is 1. The Kier molecular flexibility index (Phi) is 5.86. The molecular formula is C19H25N3O4S. The topological polar surface area (TPSA) is 89.6 Å².